The number of aryl methyl sites for hydroxylation is 1. The molecule has 19 nitrogen and oxygen atoms in total. The highest BCUT2D eigenvalue weighted by molar-refractivity contribution is 5.81. The molecule has 2 aliphatic rings. The van der Waals surface area contributed by atoms with Crippen LogP contribution in [-0.2, 0) is 46.4 Å². The molecule has 274 valence electrons. The zero-order valence-corrected chi connectivity index (χ0v) is 27.4. The van der Waals surface area contributed by atoms with Gasteiger partial charge in [-0.1, -0.05) is 5.21 Å². The van der Waals surface area contributed by atoms with E-state index in [4.69, 9.17) is 32.8 Å². The molecule has 0 bridgehead atoms. The van der Waals surface area contributed by atoms with Gasteiger partial charge in [-0.15, -0.1) is 5.10 Å². The Kier molecular flexibility index (Phi) is 12.1. The average molecular weight is 709 g/mol. The van der Waals surface area contributed by atoms with Crippen LogP contribution in [0, 0.1) is 6.92 Å². The van der Waals surface area contributed by atoms with Gasteiger partial charge in [0.2, 0.25) is 12.2 Å². The lowest BCUT2D eigenvalue weighted by Gasteiger charge is -2.47. The van der Waals surface area contributed by atoms with E-state index in [1.165, 1.54) is 29.9 Å². The van der Waals surface area contributed by atoms with E-state index in [1.807, 2.05) is 0 Å². The lowest BCUT2D eigenvalue weighted by atomic mass is 9.95. The maximum absolute atomic E-state index is 12.2. The number of esters is 1. The van der Waals surface area contributed by atoms with Gasteiger partial charge in [0.1, 0.15) is 72.3 Å². The Morgan fingerprint density at radius 3 is 2.50 bits per heavy atom. The van der Waals surface area contributed by atoms with Gasteiger partial charge in [0, 0.05) is 24.4 Å². The van der Waals surface area contributed by atoms with E-state index < -0.39 is 85.5 Å². The summed E-state index contributed by atoms with van der Waals surface area (Å²) in [4.78, 5) is 35.7. The van der Waals surface area contributed by atoms with Gasteiger partial charge in [-0.25, -0.2) is 9.48 Å². The minimum absolute atomic E-state index is 0.121. The van der Waals surface area contributed by atoms with Crippen molar-refractivity contribution in [3.63, 3.8) is 0 Å². The number of nitrogens with one attached hydrogen (secondary N) is 1. The van der Waals surface area contributed by atoms with Gasteiger partial charge < -0.3 is 63.7 Å². The number of ether oxygens (including phenoxy) is 6. The van der Waals surface area contributed by atoms with Gasteiger partial charge in [0.05, 0.1) is 32.6 Å². The van der Waals surface area contributed by atoms with Crippen LogP contribution in [0.2, 0.25) is 0 Å². The predicted octanol–water partition coefficient (Wildman–Crippen LogP) is -2.37. The summed E-state index contributed by atoms with van der Waals surface area (Å²) in [7, 11) is 0. The molecule has 3 aromatic rings. The minimum atomic E-state index is -1.82. The maximum Gasteiger partial charge on any atom is 0.336 e. The minimum Gasteiger partial charge on any atom is -0.465 e. The zero-order valence-electron chi connectivity index (χ0n) is 27.4. The fourth-order valence-electron chi connectivity index (χ4n) is 5.66. The van der Waals surface area contributed by atoms with Crippen LogP contribution in [0.3, 0.4) is 0 Å². The van der Waals surface area contributed by atoms with E-state index in [0.717, 1.165) is 0 Å². The van der Waals surface area contributed by atoms with Crippen LogP contribution in [0.4, 0.5) is 0 Å². The second-order valence-corrected chi connectivity index (χ2v) is 11.8. The van der Waals surface area contributed by atoms with E-state index in [9.17, 15) is 39.9 Å². The van der Waals surface area contributed by atoms with E-state index in [-0.39, 0.29) is 37.7 Å². The standard InChI is InChI=1S/C31H40N4O15/c1-4-45-23(39)10-35-9-16(33-34-35)12-44-13-21-25(40)27(42)28(43)31(49-21)50-29-20(11-36)48-30(24(26(29)41)32-15(3)37)46-17-5-6-18-14(2)7-22(38)47-19(18)8-17/h5-9,20-21,24-31,36,40-43H,4,10-13H2,1-3H3,(H,32,37)/t20-,21-,24-,25+,26-,27+,28-,29-,30-,31+/m1/s1. The third kappa shape index (κ3) is 8.63. The fraction of sp³-hybridized carbons (Fsp3) is 0.581. The number of carbonyl (C=O) groups excluding carboxylic acids is 2. The van der Waals surface area contributed by atoms with Crippen LogP contribution < -0.4 is 15.7 Å². The van der Waals surface area contributed by atoms with E-state index in [0.29, 0.717) is 16.6 Å². The summed E-state index contributed by atoms with van der Waals surface area (Å²) in [5, 5.41) is 64.5. The van der Waals surface area contributed by atoms with Crippen molar-refractivity contribution in [3.8, 4) is 5.75 Å². The summed E-state index contributed by atoms with van der Waals surface area (Å²) in [5.41, 5.74) is 0.676. The highest BCUT2D eigenvalue weighted by Gasteiger charge is 2.51. The molecule has 0 radical (unpaired) electrons. The Morgan fingerprint density at radius 2 is 1.78 bits per heavy atom. The third-order valence-corrected chi connectivity index (χ3v) is 8.07. The van der Waals surface area contributed by atoms with Gasteiger partial charge in [0.15, 0.2) is 6.29 Å². The summed E-state index contributed by atoms with van der Waals surface area (Å²) < 4.78 is 40.5. The molecule has 50 heavy (non-hydrogen) atoms. The van der Waals surface area contributed by atoms with E-state index in [2.05, 4.69) is 15.6 Å². The highest BCUT2D eigenvalue weighted by atomic mass is 16.7. The van der Waals surface area contributed by atoms with Crippen LogP contribution >= 0.6 is 0 Å². The molecule has 6 N–H and O–H groups in total. The van der Waals surface area contributed by atoms with Crippen LogP contribution in [0.25, 0.3) is 11.0 Å². The van der Waals surface area contributed by atoms with Gasteiger partial charge in [-0.3, -0.25) is 9.59 Å². The molecule has 2 fully saturated rings. The quantitative estimate of drug-likeness (QED) is 0.0800. The summed E-state index contributed by atoms with van der Waals surface area (Å²) in [6.07, 6.45) is -12.5. The van der Waals surface area contributed by atoms with E-state index >= 15 is 0 Å². The smallest absolute Gasteiger partial charge is 0.336 e. The lowest BCUT2D eigenvalue weighted by Crippen LogP contribution is -2.68. The number of carbonyl (C=O) groups is 2. The molecular weight excluding hydrogens is 668 g/mol. The molecule has 0 aliphatic carbocycles. The van der Waals surface area contributed by atoms with Crippen LogP contribution in [0.1, 0.15) is 25.1 Å². The molecule has 2 aliphatic heterocycles. The Balaban J connectivity index is 1.26. The second-order valence-electron chi connectivity index (χ2n) is 11.8. The number of amides is 1. The van der Waals surface area contributed by atoms with Crippen molar-refractivity contribution in [2.75, 3.05) is 19.8 Å². The fourth-order valence-corrected chi connectivity index (χ4v) is 5.66. The molecule has 0 saturated carbocycles. The SMILES string of the molecule is CCOC(=O)Cn1cc(COC[C@H]2O[C@@H](O[C@H]3[C@H](O)[C@@H](NC(C)=O)[C@H](Oc4ccc5c(C)cc(=O)oc5c4)O[C@@H]3CO)[C@H](O)[C@@H](O)[C@H]2O)nn1. The molecular formula is C31H40N4O15. The molecule has 10 atom stereocenters. The Labute approximate surface area is 284 Å². The summed E-state index contributed by atoms with van der Waals surface area (Å²) in [5.74, 6) is -0.915. The van der Waals surface area contributed by atoms with Crippen molar-refractivity contribution in [3.05, 3.63) is 52.1 Å². The van der Waals surface area contributed by atoms with Gasteiger partial charge in [-0.05, 0) is 31.5 Å². The average Bonchev–Trinajstić information content (AvgIpc) is 3.51. The lowest BCUT2D eigenvalue weighted by molar-refractivity contribution is -0.344. The number of hydrogen-bond donors (Lipinski definition) is 6. The number of benzene rings is 1. The normalized spacial score (nSPS) is 29.8. The first-order chi connectivity index (χ1) is 23.9. The number of rotatable bonds is 13. The molecule has 19 heteroatoms. The Bertz CT molecular complexity index is 1680. The van der Waals surface area contributed by atoms with Crippen molar-refractivity contribution in [2.24, 2.45) is 0 Å². The van der Waals surface area contributed by atoms with Gasteiger partial charge in [0.25, 0.3) is 0 Å². The van der Waals surface area contributed by atoms with Crippen molar-refractivity contribution in [1.29, 1.82) is 0 Å². The van der Waals surface area contributed by atoms with Crippen LogP contribution in [0.5, 0.6) is 5.75 Å². The number of aromatic nitrogens is 3. The van der Waals surface area contributed by atoms with Crippen molar-refractivity contribution >= 4 is 22.8 Å². The molecule has 2 saturated heterocycles. The number of fused-ring (bicyclic) bond motifs is 1. The summed E-state index contributed by atoms with van der Waals surface area (Å²) >= 11 is 0. The van der Waals surface area contributed by atoms with E-state index in [1.54, 1.807) is 26.0 Å². The largest absolute Gasteiger partial charge is 0.465 e. The topological polar surface area (TPSA) is 264 Å². The van der Waals surface area contributed by atoms with Crippen LogP contribution in [0.15, 0.2) is 39.7 Å². The molecule has 4 heterocycles. The molecule has 1 aromatic carbocycles. The van der Waals surface area contributed by atoms with Crippen molar-refractivity contribution < 1.29 is 68.0 Å². The second kappa shape index (κ2) is 16.3. The Morgan fingerprint density at radius 1 is 1.02 bits per heavy atom. The first-order valence-electron chi connectivity index (χ1n) is 15.8. The Hall–Kier alpha value is -4.05. The monoisotopic (exact) mass is 708 g/mol. The summed E-state index contributed by atoms with van der Waals surface area (Å²) in [6, 6.07) is 4.71. The maximum atomic E-state index is 12.2. The van der Waals surface area contributed by atoms with Crippen LogP contribution in [-0.4, -0.2) is 134 Å². The number of aliphatic hydroxyl groups excluding tert-OH is 5. The molecule has 2 aromatic heterocycles. The predicted molar refractivity (Wildman–Crippen MR) is 165 cm³/mol. The van der Waals surface area contributed by atoms with Gasteiger partial charge >= 0.3 is 11.6 Å². The number of aliphatic hydroxyl groups is 5. The van der Waals surface area contributed by atoms with Crippen molar-refractivity contribution in [2.45, 2.75) is 95.3 Å². The molecule has 0 unspecified atom stereocenters. The third-order valence-electron chi connectivity index (χ3n) is 8.07. The number of nitrogens with zero attached hydrogens (tertiary/aromatic N) is 3. The first-order valence-corrected chi connectivity index (χ1v) is 15.8. The van der Waals surface area contributed by atoms with Gasteiger partial charge in [-0.2, -0.15) is 0 Å². The molecule has 1 amide bonds. The first kappa shape index (κ1) is 37.2. The summed E-state index contributed by atoms with van der Waals surface area (Å²) in [6.45, 7) is 3.51. The highest BCUT2D eigenvalue weighted by Crippen LogP contribution is 2.31. The molecule has 0 spiro atoms. The molecule has 5 rings (SSSR count). The van der Waals surface area contributed by atoms with Crippen molar-refractivity contribution in [1.82, 2.24) is 20.3 Å². The zero-order chi connectivity index (χ0) is 36.1. The number of hydrogen-bond acceptors (Lipinski definition) is 17.